The molecule has 5 amide bonds. The summed E-state index contributed by atoms with van der Waals surface area (Å²) in [5.41, 5.74) is 2.52. The Kier molecular flexibility index (Phi) is 18.9. The maximum absolute atomic E-state index is 15.8. The largest absolute Gasteiger partial charge is 0.369 e. The topological polar surface area (TPSA) is 203 Å². The molecule has 1 spiro atoms. The predicted octanol–water partition coefficient (Wildman–Crippen LogP) is 4.97. The summed E-state index contributed by atoms with van der Waals surface area (Å²) in [5.74, 6) is 0.590. The van der Waals surface area contributed by atoms with Crippen LogP contribution in [0.2, 0.25) is 0 Å². The van der Waals surface area contributed by atoms with E-state index in [9.17, 15) is 24.0 Å². The molecule has 8 aliphatic rings. The van der Waals surface area contributed by atoms with Gasteiger partial charge in [0.2, 0.25) is 29.5 Å². The molecular formula is C64H92F2N14O5. The predicted molar refractivity (Wildman–Crippen MR) is 324 cm³/mol. The molecule has 2 aliphatic carbocycles. The van der Waals surface area contributed by atoms with Crippen molar-refractivity contribution in [3.05, 3.63) is 77.1 Å². The van der Waals surface area contributed by atoms with Gasteiger partial charge in [-0.05, 0) is 132 Å². The number of halogens is 2. The maximum atomic E-state index is 15.8. The van der Waals surface area contributed by atoms with E-state index in [0.717, 1.165) is 127 Å². The highest BCUT2D eigenvalue weighted by atomic mass is 19.1. The molecule has 85 heavy (non-hydrogen) atoms. The van der Waals surface area contributed by atoms with Crippen molar-refractivity contribution in [3.8, 4) is 0 Å². The molecule has 21 heteroatoms. The second-order valence-electron chi connectivity index (χ2n) is 27.0. The number of piperazine rings is 1. The first kappa shape index (κ1) is 60.6. The maximum Gasteiger partial charge on any atom is 0.246 e. The lowest BCUT2D eigenvalue weighted by Gasteiger charge is -2.48. The molecule has 11 rings (SSSR count). The third-order valence-corrected chi connectivity index (χ3v) is 20.5. The summed E-state index contributed by atoms with van der Waals surface area (Å²) in [7, 11) is 1.72. The van der Waals surface area contributed by atoms with Gasteiger partial charge in [0.25, 0.3) is 0 Å². The molecule has 1 aromatic heterocycles. The molecule has 6 aliphatic heterocycles. The van der Waals surface area contributed by atoms with Gasteiger partial charge < -0.3 is 56.4 Å². The van der Waals surface area contributed by atoms with E-state index in [1.165, 1.54) is 17.7 Å². The number of hydrogen-bond donors (Lipinski definition) is 6. The Morgan fingerprint density at radius 1 is 0.800 bits per heavy atom. The number of aromatic nitrogens is 2. The van der Waals surface area contributed by atoms with E-state index in [0.29, 0.717) is 82.4 Å². The number of amides is 5. The Balaban J connectivity index is 0.625. The van der Waals surface area contributed by atoms with E-state index in [2.05, 4.69) is 87.4 Å². The lowest BCUT2D eigenvalue weighted by molar-refractivity contribution is -0.143. The van der Waals surface area contributed by atoms with Gasteiger partial charge in [0.15, 0.2) is 0 Å². The van der Waals surface area contributed by atoms with Crippen LogP contribution in [0.25, 0.3) is 0 Å². The number of carbonyl (C=O) groups excluding carboxylic acids is 5. The molecule has 462 valence electrons. The summed E-state index contributed by atoms with van der Waals surface area (Å²) < 4.78 is 31.4. The van der Waals surface area contributed by atoms with Crippen LogP contribution in [-0.2, 0) is 36.9 Å². The molecule has 3 aromatic rings. The van der Waals surface area contributed by atoms with Crippen molar-refractivity contribution in [1.29, 1.82) is 0 Å². The molecule has 19 nitrogen and oxygen atoms in total. The number of piperidine rings is 2. The molecule has 0 radical (unpaired) electrons. The van der Waals surface area contributed by atoms with Crippen molar-refractivity contribution < 1.29 is 32.8 Å². The van der Waals surface area contributed by atoms with Crippen molar-refractivity contribution in [2.45, 2.75) is 153 Å². The van der Waals surface area contributed by atoms with E-state index in [4.69, 9.17) is 0 Å². The smallest absolute Gasteiger partial charge is 0.246 e. The Bertz CT molecular complexity index is 2860. The zero-order valence-corrected chi connectivity index (χ0v) is 50.6. The van der Waals surface area contributed by atoms with Crippen LogP contribution in [0.15, 0.2) is 48.8 Å². The summed E-state index contributed by atoms with van der Waals surface area (Å²) in [5, 5.41) is 19.4. The monoisotopic (exact) mass is 1170 g/mol. The van der Waals surface area contributed by atoms with E-state index < -0.39 is 41.3 Å². The zero-order chi connectivity index (χ0) is 59.4. The van der Waals surface area contributed by atoms with Gasteiger partial charge >= 0.3 is 0 Å². The molecule has 6 N–H and O–H groups in total. The first-order valence-electron chi connectivity index (χ1n) is 31.9. The minimum absolute atomic E-state index is 0.0279. The zero-order valence-electron chi connectivity index (χ0n) is 50.6. The minimum atomic E-state index is -0.787. The van der Waals surface area contributed by atoms with Crippen LogP contribution in [0.1, 0.15) is 127 Å². The second kappa shape index (κ2) is 26.5. The van der Waals surface area contributed by atoms with Gasteiger partial charge in [0, 0.05) is 109 Å². The number of nitrogens with one attached hydrogen (secondary N) is 6. The van der Waals surface area contributed by atoms with Crippen LogP contribution in [0, 0.1) is 34.8 Å². The Labute approximate surface area is 500 Å². The fraction of sp³-hybridized carbons (Fsp3) is 0.672. The number of aryl methyl sites for hydroxylation is 1. The summed E-state index contributed by atoms with van der Waals surface area (Å²) in [6.07, 6.45) is 12.9. The van der Waals surface area contributed by atoms with Gasteiger partial charge in [-0.2, -0.15) is 0 Å². The van der Waals surface area contributed by atoms with Crippen molar-refractivity contribution >= 4 is 46.9 Å². The molecule has 2 aromatic carbocycles. The fourth-order valence-corrected chi connectivity index (χ4v) is 15.2. The number of nitrogens with zero attached hydrogens (tertiary/aromatic N) is 8. The van der Waals surface area contributed by atoms with Crippen molar-refractivity contribution in [3.63, 3.8) is 0 Å². The van der Waals surface area contributed by atoms with Gasteiger partial charge in [-0.3, -0.25) is 28.9 Å². The first-order chi connectivity index (χ1) is 41.0. The number of likely N-dealkylation sites (N-methyl/N-ethyl adjacent to an activating group) is 1. The SMILES string of the molecule is CN[C@@H](C)C(=O)N[C@H](C(=O)N1CC(NC(=O)CCN2C[C@H]3CN(CCNc4cc(N5CCC6(CC5)CN(c5cc(F)c(CN7CCC(C)(C)CC7)cc5F)CC(=O)N6)ncn4)C[C@H]3C2)C[C@H]1C(=O)N[C@H]1CCCc2ccccc21)C1CCCCC1. The van der Waals surface area contributed by atoms with Crippen molar-refractivity contribution in [2.75, 3.05) is 114 Å². The van der Waals surface area contributed by atoms with Gasteiger partial charge in [-0.1, -0.05) is 57.4 Å². The molecule has 1 saturated carbocycles. The van der Waals surface area contributed by atoms with Gasteiger partial charge in [0.1, 0.15) is 41.7 Å². The van der Waals surface area contributed by atoms with Crippen LogP contribution in [0.5, 0.6) is 0 Å². The van der Waals surface area contributed by atoms with Crippen LogP contribution >= 0.6 is 0 Å². The van der Waals surface area contributed by atoms with E-state index in [1.54, 1.807) is 30.1 Å². The third kappa shape index (κ3) is 14.5. The Morgan fingerprint density at radius 2 is 1.53 bits per heavy atom. The van der Waals surface area contributed by atoms with Gasteiger partial charge in [-0.15, -0.1) is 0 Å². The lowest BCUT2D eigenvalue weighted by atomic mass is 9.82. The first-order valence-corrected chi connectivity index (χ1v) is 31.9. The van der Waals surface area contributed by atoms with Crippen LogP contribution in [0.4, 0.5) is 26.1 Å². The van der Waals surface area contributed by atoms with Crippen LogP contribution < -0.4 is 41.7 Å². The Hall–Kier alpha value is -6.03. The average molecular weight is 1180 g/mol. The van der Waals surface area contributed by atoms with E-state index in [1.807, 2.05) is 18.2 Å². The highest BCUT2D eigenvalue weighted by Gasteiger charge is 2.47. The second-order valence-corrected chi connectivity index (χ2v) is 27.0. The van der Waals surface area contributed by atoms with E-state index in [-0.39, 0.29) is 65.7 Å². The minimum Gasteiger partial charge on any atom is -0.369 e. The summed E-state index contributed by atoms with van der Waals surface area (Å²) >= 11 is 0. The Morgan fingerprint density at radius 3 is 2.27 bits per heavy atom. The molecule has 0 bridgehead atoms. The van der Waals surface area contributed by atoms with Crippen molar-refractivity contribution in [2.24, 2.45) is 23.2 Å². The highest BCUT2D eigenvalue weighted by Crippen LogP contribution is 2.37. The number of hydrogen-bond acceptors (Lipinski definition) is 14. The number of likely N-dealkylation sites (tertiary alicyclic amines) is 4. The van der Waals surface area contributed by atoms with Crippen molar-refractivity contribution in [1.82, 2.24) is 56.2 Å². The molecule has 7 atom stereocenters. The molecule has 7 fully saturated rings. The number of fused-ring (bicyclic) bond motifs is 2. The summed E-state index contributed by atoms with van der Waals surface area (Å²) in [4.78, 5) is 91.4. The summed E-state index contributed by atoms with van der Waals surface area (Å²) in [6.45, 7) is 16.2. The molecule has 1 unspecified atom stereocenters. The highest BCUT2D eigenvalue weighted by molar-refractivity contribution is 5.94. The third-order valence-electron chi connectivity index (χ3n) is 20.5. The quantitative estimate of drug-likeness (QED) is 0.0940. The molecular weight excluding hydrogens is 1080 g/mol. The van der Waals surface area contributed by atoms with Gasteiger partial charge in [0.05, 0.1) is 29.9 Å². The van der Waals surface area contributed by atoms with Crippen LogP contribution in [0.3, 0.4) is 0 Å². The molecule has 7 heterocycles. The number of rotatable bonds is 19. The summed E-state index contributed by atoms with van der Waals surface area (Å²) in [6, 6.07) is 10.2. The van der Waals surface area contributed by atoms with Crippen LogP contribution in [-0.4, -0.2) is 187 Å². The molecule has 6 saturated heterocycles. The van der Waals surface area contributed by atoms with E-state index >= 15 is 8.78 Å². The van der Waals surface area contributed by atoms with Gasteiger partial charge in [-0.25, -0.2) is 18.7 Å². The lowest BCUT2D eigenvalue weighted by Crippen LogP contribution is -2.66. The fourth-order valence-electron chi connectivity index (χ4n) is 15.2. The standard InChI is InChI=1S/C64H92F2N14O5/c1-42(67-4)60(83)73-59(44-12-6-5-7-13-44)62(85)80-38-48(30-54(80)61(84)72-52-16-10-14-43-11-8-9-15-49(43)52)71-57(81)17-23-76-34-46-36-77(37-47(46)35-76)28-22-68-55-32-56(70-41-69-55)78-26-20-64(21-27-78)40-79(39-58(82)74-64)53-31-50(65)45(29-51(53)66)33-75-24-18-63(2,3)19-25-75/h8-9,11,15,29,31-32,41-42,44,46-48,52,54,59,67H,5-7,10,12-14,16-28,30,33-40H2,1-4H3,(H,71,81)(H,72,84)(H,73,83)(H,74,82)(H,68,69,70)/t42-,46-,47+,48?,52-,54-,59-/m0/s1. The number of carbonyl (C=O) groups is 5. The number of anilines is 3. The number of benzene rings is 2. The average Bonchev–Trinajstić information content (AvgIpc) is 4.29. The normalized spacial score (nSPS) is 26.1.